The van der Waals surface area contributed by atoms with Crippen molar-refractivity contribution in [1.29, 1.82) is 0 Å². The predicted molar refractivity (Wildman–Crippen MR) is 104 cm³/mol. The maximum Gasteiger partial charge on any atom is 0.222 e. The molecule has 138 valence electrons. The summed E-state index contributed by atoms with van der Waals surface area (Å²) in [6.07, 6.45) is 3.74. The Labute approximate surface area is 156 Å². The van der Waals surface area contributed by atoms with Crippen LogP contribution in [0.3, 0.4) is 0 Å². The Bertz CT molecular complexity index is 700. The molecule has 2 atom stereocenters. The van der Waals surface area contributed by atoms with Crippen molar-refractivity contribution in [3.63, 3.8) is 0 Å². The van der Waals surface area contributed by atoms with Crippen LogP contribution in [0.15, 0.2) is 54.6 Å². The Morgan fingerprint density at radius 2 is 1.81 bits per heavy atom. The highest BCUT2D eigenvalue weighted by atomic mass is 16.5. The van der Waals surface area contributed by atoms with Crippen LogP contribution in [0.1, 0.15) is 44.2 Å². The number of amides is 1. The fourth-order valence-electron chi connectivity index (χ4n) is 3.46. The Hall–Kier alpha value is -2.33. The maximum absolute atomic E-state index is 11.7. The van der Waals surface area contributed by atoms with Gasteiger partial charge in [0.05, 0.1) is 0 Å². The molecule has 0 spiro atoms. The summed E-state index contributed by atoms with van der Waals surface area (Å²) in [7, 11) is 1.89. The zero-order valence-corrected chi connectivity index (χ0v) is 15.7. The lowest BCUT2D eigenvalue weighted by atomic mass is 9.98. The second-order valence-electron chi connectivity index (χ2n) is 7.00. The van der Waals surface area contributed by atoms with Crippen LogP contribution in [0, 0.1) is 0 Å². The average molecular weight is 352 g/mol. The summed E-state index contributed by atoms with van der Waals surface area (Å²) in [5.74, 6) is 1.94. The van der Waals surface area contributed by atoms with Gasteiger partial charge in [0.1, 0.15) is 11.5 Å². The van der Waals surface area contributed by atoms with Crippen LogP contribution >= 0.6 is 0 Å². The van der Waals surface area contributed by atoms with Crippen molar-refractivity contribution >= 4 is 5.91 Å². The number of carbonyl (C=O) groups is 1. The molecule has 2 aromatic rings. The highest BCUT2D eigenvalue weighted by Crippen LogP contribution is 2.26. The molecule has 0 aliphatic carbocycles. The Kier molecular flexibility index (Phi) is 6.29. The fraction of sp³-hybridized carbons (Fsp3) is 0.409. The van der Waals surface area contributed by atoms with Gasteiger partial charge in [0.15, 0.2) is 0 Å². The van der Waals surface area contributed by atoms with Crippen LogP contribution in [0.5, 0.6) is 11.5 Å². The van der Waals surface area contributed by atoms with Crippen molar-refractivity contribution in [3.8, 4) is 11.5 Å². The molecule has 2 unspecified atom stereocenters. The molecule has 4 nitrogen and oxygen atoms in total. The van der Waals surface area contributed by atoms with Gasteiger partial charge in [0.2, 0.25) is 5.91 Å². The standard InChI is InChI=1S/C22H28N2O2/c1-3-7-21(23-18-12-15-22(25)24(2)16-18)17-10-13-20(14-11-17)26-19-8-5-4-6-9-19/h4-6,8-11,13-14,18,21,23H,3,7,12,15-16H2,1-2H3. The first kappa shape index (κ1) is 18.5. The molecule has 1 fully saturated rings. The van der Waals surface area contributed by atoms with Crippen LogP contribution in [-0.2, 0) is 4.79 Å². The van der Waals surface area contributed by atoms with Crippen LogP contribution in [0.4, 0.5) is 0 Å². The molecule has 4 heteroatoms. The molecular weight excluding hydrogens is 324 g/mol. The largest absolute Gasteiger partial charge is 0.457 e. The smallest absolute Gasteiger partial charge is 0.222 e. The molecule has 0 bridgehead atoms. The number of hydrogen-bond acceptors (Lipinski definition) is 3. The lowest BCUT2D eigenvalue weighted by Gasteiger charge is -2.33. The van der Waals surface area contributed by atoms with Crippen molar-refractivity contribution in [2.45, 2.75) is 44.7 Å². The van der Waals surface area contributed by atoms with Crippen LogP contribution in [0.25, 0.3) is 0 Å². The number of benzene rings is 2. The predicted octanol–water partition coefficient (Wildman–Crippen LogP) is 4.53. The van der Waals surface area contributed by atoms with Crippen molar-refractivity contribution < 1.29 is 9.53 Å². The van der Waals surface area contributed by atoms with Crippen molar-refractivity contribution in [1.82, 2.24) is 10.2 Å². The summed E-state index contributed by atoms with van der Waals surface area (Å²) in [6.45, 7) is 2.99. The number of para-hydroxylation sites is 1. The topological polar surface area (TPSA) is 41.6 Å². The van der Waals surface area contributed by atoms with E-state index in [4.69, 9.17) is 4.74 Å². The summed E-state index contributed by atoms with van der Waals surface area (Å²) in [5, 5.41) is 3.76. The highest BCUT2D eigenvalue weighted by molar-refractivity contribution is 5.76. The number of nitrogens with zero attached hydrogens (tertiary/aromatic N) is 1. The van der Waals surface area contributed by atoms with Gasteiger partial charge in [-0.1, -0.05) is 43.7 Å². The SMILES string of the molecule is CCCC(NC1CCC(=O)N(C)C1)c1ccc(Oc2ccccc2)cc1. The number of hydrogen-bond donors (Lipinski definition) is 1. The lowest BCUT2D eigenvalue weighted by molar-refractivity contribution is -0.132. The van der Waals surface area contributed by atoms with Gasteiger partial charge in [0.25, 0.3) is 0 Å². The molecule has 1 N–H and O–H groups in total. The Balaban J connectivity index is 1.65. The van der Waals surface area contributed by atoms with E-state index in [1.54, 1.807) is 0 Å². The van der Waals surface area contributed by atoms with E-state index in [0.29, 0.717) is 18.5 Å². The summed E-state index contributed by atoms with van der Waals surface area (Å²) < 4.78 is 5.88. The second-order valence-corrected chi connectivity index (χ2v) is 7.00. The minimum Gasteiger partial charge on any atom is -0.457 e. The molecule has 0 aromatic heterocycles. The molecule has 1 heterocycles. The van der Waals surface area contributed by atoms with E-state index < -0.39 is 0 Å². The monoisotopic (exact) mass is 352 g/mol. The average Bonchev–Trinajstić information content (AvgIpc) is 2.66. The van der Waals surface area contributed by atoms with Gasteiger partial charge in [-0.3, -0.25) is 4.79 Å². The lowest BCUT2D eigenvalue weighted by Crippen LogP contribution is -2.47. The Morgan fingerprint density at radius 3 is 2.46 bits per heavy atom. The van der Waals surface area contributed by atoms with E-state index in [2.05, 4.69) is 24.4 Å². The van der Waals surface area contributed by atoms with Gasteiger partial charge in [-0.2, -0.15) is 0 Å². The van der Waals surface area contributed by atoms with E-state index in [-0.39, 0.29) is 5.91 Å². The van der Waals surface area contributed by atoms with Gasteiger partial charge in [-0.05, 0) is 42.7 Å². The summed E-state index contributed by atoms with van der Waals surface area (Å²) in [4.78, 5) is 13.5. The van der Waals surface area contributed by atoms with E-state index in [0.717, 1.165) is 37.3 Å². The zero-order chi connectivity index (χ0) is 18.4. The number of likely N-dealkylation sites (tertiary alicyclic amines) is 1. The minimum absolute atomic E-state index is 0.248. The van der Waals surface area contributed by atoms with E-state index in [1.165, 1.54) is 5.56 Å². The molecule has 1 saturated heterocycles. The maximum atomic E-state index is 11.7. The number of nitrogens with one attached hydrogen (secondary N) is 1. The molecule has 26 heavy (non-hydrogen) atoms. The van der Waals surface area contributed by atoms with Crippen molar-refractivity contribution in [3.05, 3.63) is 60.2 Å². The first-order valence-electron chi connectivity index (χ1n) is 9.48. The van der Waals surface area contributed by atoms with Gasteiger partial charge in [-0.15, -0.1) is 0 Å². The third-order valence-corrected chi connectivity index (χ3v) is 4.90. The summed E-state index contributed by atoms with van der Waals surface area (Å²) in [5.41, 5.74) is 1.27. The number of rotatable bonds is 7. The molecular formula is C22H28N2O2. The summed E-state index contributed by atoms with van der Waals surface area (Å²) in [6, 6.07) is 18.8. The number of piperidine rings is 1. The third-order valence-electron chi connectivity index (χ3n) is 4.90. The van der Waals surface area contributed by atoms with Crippen molar-refractivity contribution in [2.24, 2.45) is 0 Å². The van der Waals surface area contributed by atoms with E-state index >= 15 is 0 Å². The summed E-state index contributed by atoms with van der Waals surface area (Å²) >= 11 is 0. The second kappa shape index (κ2) is 8.86. The quantitative estimate of drug-likeness (QED) is 0.796. The zero-order valence-electron chi connectivity index (χ0n) is 15.7. The van der Waals surface area contributed by atoms with Gasteiger partial charge < -0.3 is 15.0 Å². The fourth-order valence-corrected chi connectivity index (χ4v) is 3.46. The van der Waals surface area contributed by atoms with Crippen LogP contribution in [0.2, 0.25) is 0 Å². The van der Waals surface area contributed by atoms with Gasteiger partial charge in [-0.25, -0.2) is 0 Å². The molecule has 1 amide bonds. The highest BCUT2D eigenvalue weighted by Gasteiger charge is 2.25. The minimum atomic E-state index is 0.248. The molecule has 2 aromatic carbocycles. The normalized spacial score (nSPS) is 18.6. The number of carbonyl (C=O) groups excluding carboxylic acids is 1. The first-order valence-corrected chi connectivity index (χ1v) is 9.48. The Morgan fingerprint density at radius 1 is 1.12 bits per heavy atom. The van der Waals surface area contributed by atoms with Crippen LogP contribution < -0.4 is 10.1 Å². The number of likely N-dealkylation sites (N-methyl/N-ethyl adjacent to an activating group) is 1. The molecule has 0 radical (unpaired) electrons. The first-order chi connectivity index (χ1) is 12.7. The van der Waals surface area contributed by atoms with Gasteiger partial charge in [0, 0.05) is 32.1 Å². The number of ether oxygens (including phenoxy) is 1. The van der Waals surface area contributed by atoms with Gasteiger partial charge >= 0.3 is 0 Å². The molecule has 3 rings (SSSR count). The molecule has 0 saturated carbocycles. The van der Waals surface area contributed by atoms with Crippen molar-refractivity contribution in [2.75, 3.05) is 13.6 Å². The molecule has 1 aliphatic rings. The van der Waals surface area contributed by atoms with E-state index in [9.17, 15) is 4.79 Å². The van der Waals surface area contributed by atoms with Crippen LogP contribution in [-0.4, -0.2) is 30.4 Å². The third kappa shape index (κ3) is 4.85. The van der Waals surface area contributed by atoms with E-state index in [1.807, 2.05) is 54.4 Å². The molecule has 1 aliphatic heterocycles.